The molecule has 2 aromatic rings. The second-order valence-corrected chi connectivity index (χ2v) is 6.00. The first-order chi connectivity index (χ1) is 11.0. The minimum absolute atomic E-state index is 0.0286. The van der Waals surface area contributed by atoms with Crippen LogP contribution >= 0.6 is 0 Å². The van der Waals surface area contributed by atoms with Gasteiger partial charge in [-0.3, -0.25) is 4.79 Å². The quantitative estimate of drug-likeness (QED) is 0.868. The summed E-state index contributed by atoms with van der Waals surface area (Å²) in [6, 6.07) is 11.0. The molecule has 1 amide bonds. The Balaban J connectivity index is 1.68. The number of aryl methyl sites for hydroxylation is 1. The van der Waals surface area contributed by atoms with E-state index >= 15 is 0 Å². The summed E-state index contributed by atoms with van der Waals surface area (Å²) in [4.78, 5) is 14.3. The molecule has 5 heteroatoms. The molecule has 1 aliphatic rings. The third-order valence-corrected chi connectivity index (χ3v) is 3.74. The molecule has 0 N–H and O–H groups in total. The van der Waals surface area contributed by atoms with Crippen molar-refractivity contribution in [3.63, 3.8) is 0 Å². The summed E-state index contributed by atoms with van der Waals surface area (Å²) in [5.74, 6) is 1.14. The summed E-state index contributed by atoms with van der Waals surface area (Å²) in [6.45, 7) is 7.07. The Kier molecular flexibility index (Phi) is 4.39. The van der Waals surface area contributed by atoms with Crippen LogP contribution in [0.5, 0.6) is 11.7 Å². The summed E-state index contributed by atoms with van der Waals surface area (Å²) in [5, 5.41) is 0. The van der Waals surface area contributed by atoms with E-state index in [1.165, 1.54) is 0 Å². The normalized spacial score (nSPS) is 21.3. The molecule has 0 aliphatic carbocycles. The van der Waals surface area contributed by atoms with Crippen LogP contribution in [0.2, 0.25) is 0 Å². The van der Waals surface area contributed by atoms with Crippen molar-refractivity contribution in [2.75, 3.05) is 13.1 Å². The number of nitrogens with zero attached hydrogens (tertiary/aromatic N) is 1. The van der Waals surface area contributed by atoms with Crippen LogP contribution in [0.1, 0.15) is 30.0 Å². The second kappa shape index (κ2) is 6.46. The van der Waals surface area contributed by atoms with E-state index in [1.807, 2.05) is 45.0 Å². The maximum atomic E-state index is 12.5. The van der Waals surface area contributed by atoms with Crippen LogP contribution in [0.4, 0.5) is 0 Å². The van der Waals surface area contributed by atoms with Gasteiger partial charge in [0.25, 0.3) is 11.9 Å². The smallest absolute Gasteiger partial charge is 0.290 e. The van der Waals surface area contributed by atoms with E-state index in [2.05, 4.69) is 0 Å². The number of ether oxygens (including phenoxy) is 2. The first-order valence-corrected chi connectivity index (χ1v) is 7.80. The number of carbonyl (C=O) groups excluding carboxylic acids is 1. The molecular weight excluding hydrogens is 294 g/mol. The van der Waals surface area contributed by atoms with Crippen molar-refractivity contribution < 1.29 is 18.7 Å². The van der Waals surface area contributed by atoms with Crippen LogP contribution in [-0.4, -0.2) is 36.1 Å². The lowest BCUT2D eigenvalue weighted by Crippen LogP contribution is -2.48. The molecule has 0 spiro atoms. The molecule has 3 rings (SSSR count). The van der Waals surface area contributed by atoms with Gasteiger partial charge in [-0.25, -0.2) is 0 Å². The van der Waals surface area contributed by atoms with E-state index in [1.54, 1.807) is 17.0 Å². The highest BCUT2D eigenvalue weighted by Gasteiger charge is 2.28. The number of furan rings is 1. The van der Waals surface area contributed by atoms with Gasteiger partial charge in [0.2, 0.25) is 0 Å². The zero-order chi connectivity index (χ0) is 16.4. The molecule has 1 aromatic heterocycles. The summed E-state index contributed by atoms with van der Waals surface area (Å²) < 4.78 is 16.8. The molecule has 1 fully saturated rings. The predicted molar refractivity (Wildman–Crippen MR) is 85.9 cm³/mol. The molecular formula is C18H21NO4. The maximum Gasteiger partial charge on any atom is 0.290 e. The van der Waals surface area contributed by atoms with Gasteiger partial charge < -0.3 is 18.8 Å². The highest BCUT2D eigenvalue weighted by atomic mass is 16.6. The van der Waals surface area contributed by atoms with Gasteiger partial charge in [0, 0.05) is 19.2 Å². The maximum absolute atomic E-state index is 12.5. The third kappa shape index (κ3) is 3.74. The van der Waals surface area contributed by atoms with E-state index < -0.39 is 0 Å². The van der Waals surface area contributed by atoms with Gasteiger partial charge in [-0.2, -0.15) is 0 Å². The zero-order valence-electron chi connectivity index (χ0n) is 13.6. The van der Waals surface area contributed by atoms with Crippen molar-refractivity contribution in [1.29, 1.82) is 0 Å². The molecule has 0 radical (unpaired) electrons. The topological polar surface area (TPSA) is 51.9 Å². The molecule has 5 nitrogen and oxygen atoms in total. The number of rotatable bonds is 3. The van der Waals surface area contributed by atoms with E-state index in [-0.39, 0.29) is 23.9 Å². The van der Waals surface area contributed by atoms with E-state index in [4.69, 9.17) is 13.9 Å². The average Bonchev–Trinajstić information content (AvgIpc) is 2.96. The average molecular weight is 315 g/mol. The predicted octanol–water partition coefficient (Wildman–Crippen LogP) is 3.63. The van der Waals surface area contributed by atoms with Crippen molar-refractivity contribution in [3.8, 4) is 11.7 Å². The van der Waals surface area contributed by atoms with Crippen LogP contribution in [0.3, 0.4) is 0 Å². The van der Waals surface area contributed by atoms with E-state index in [0.717, 1.165) is 5.56 Å². The van der Waals surface area contributed by atoms with Crippen molar-refractivity contribution in [2.24, 2.45) is 0 Å². The molecule has 1 aliphatic heterocycles. The Hall–Kier alpha value is -2.27. The van der Waals surface area contributed by atoms with Gasteiger partial charge in [0.15, 0.2) is 5.76 Å². The highest BCUT2D eigenvalue weighted by Crippen LogP contribution is 2.25. The van der Waals surface area contributed by atoms with Gasteiger partial charge in [0.05, 0.1) is 12.2 Å². The van der Waals surface area contributed by atoms with Crippen LogP contribution in [0.15, 0.2) is 40.8 Å². The minimum Gasteiger partial charge on any atom is -0.426 e. The molecule has 0 saturated carbocycles. The summed E-state index contributed by atoms with van der Waals surface area (Å²) in [6.07, 6.45) is 0.0573. The van der Waals surface area contributed by atoms with Gasteiger partial charge in [0.1, 0.15) is 5.75 Å². The van der Waals surface area contributed by atoms with Crippen LogP contribution < -0.4 is 4.74 Å². The number of amides is 1. The second-order valence-electron chi connectivity index (χ2n) is 6.00. The molecule has 0 bridgehead atoms. The fourth-order valence-corrected chi connectivity index (χ4v) is 2.71. The Bertz CT molecular complexity index is 667. The Morgan fingerprint density at radius 2 is 1.74 bits per heavy atom. The van der Waals surface area contributed by atoms with Crippen LogP contribution in [0, 0.1) is 6.92 Å². The molecule has 2 atom stereocenters. The highest BCUT2D eigenvalue weighted by molar-refractivity contribution is 5.91. The lowest BCUT2D eigenvalue weighted by Gasteiger charge is -2.34. The van der Waals surface area contributed by atoms with Crippen molar-refractivity contribution in [3.05, 3.63) is 47.7 Å². The number of benzene rings is 1. The zero-order valence-corrected chi connectivity index (χ0v) is 13.6. The SMILES string of the molecule is Cc1ccc(Oc2ccc(C(=O)N3C[C@H](C)O[C@@H](C)C3)o2)cc1. The van der Waals surface area contributed by atoms with Gasteiger partial charge in [-0.1, -0.05) is 17.7 Å². The monoisotopic (exact) mass is 315 g/mol. The summed E-state index contributed by atoms with van der Waals surface area (Å²) >= 11 is 0. The van der Waals surface area contributed by atoms with Crippen molar-refractivity contribution in [2.45, 2.75) is 33.0 Å². The molecule has 2 heterocycles. The number of morpholine rings is 1. The number of hydrogen-bond donors (Lipinski definition) is 0. The van der Waals surface area contributed by atoms with Gasteiger partial charge in [-0.05, 0) is 39.0 Å². The third-order valence-electron chi connectivity index (χ3n) is 3.74. The molecule has 23 heavy (non-hydrogen) atoms. The van der Waals surface area contributed by atoms with Crippen LogP contribution in [0.25, 0.3) is 0 Å². The first-order valence-electron chi connectivity index (χ1n) is 7.80. The Morgan fingerprint density at radius 3 is 2.39 bits per heavy atom. The standard InChI is InChI=1S/C18H21NO4/c1-12-4-6-15(7-5-12)22-17-9-8-16(23-17)18(20)19-10-13(2)21-14(3)11-19/h4-9,13-14H,10-11H2,1-3H3/t13-,14-/m0/s1. The fraction of sp³-hybridized carbons (Fsp3) is 0.389. The molecule has 122 valence electrons. The lowest BCUT2D eigenvalue weighted by atomic mass is 10.2. The lowest BCUT2D eigenvalue weighted by molar-refractivity contribution is -0.0592. The number of carbonyl (C=O) groups is 1. The summed E-state index contributed by atoms with van der Waals surface area (Å²) in [5.41, 5.74) is 1.16. The molecule has 0 unspecified atom stereocenters. The van der Waals surface area contributed by atoms with Gasteiger partial charge in [-0.15, -0.1) is 0 Å². The van der Waals surface area contributed by atoms with E-state index in [0.29, 0.717) is 24.8 Å². The van der Waals surface area contributed by atoms with Gasteiger partial charge >= 0.3 is 0 Å². The fourth-order valence-electron chi connectivity index (χ4n) is 2.71. The Morgan fingerprint density at radius 1 is 1.09 bits per heavy atom. The Labute approximate surface area is 135 Å². The van der Waals surface area contributed by atoms with Crippen molar-refractivity contribution >= 4 is 5.91 Å². The molecule has 1 aromatic carbocycles. The largest absolute Gasteiger partial charge is 0.426 e. The number of hydrogen-bond acceptors (Lipinski definition) is 4. The van der Waals surface area contributed by atoms with Crippen LogP contribution in [-0.2, 0) is 4.74 Å². The van der Waals surface area contributed by atoms with E-state index in [9.17, 15) is 4.79 Å². The minimum atomic E-state index is -0.134. The van der Waals surface area contributed by atoms with Crippen molar-refractivity contribution in [1.82, 2.24) is 4.90 Å². The first kappa shape index (κ1) is 15.6. The molecule has 1 saturated heterocycles. The summed E-state index contributed by atoms with van der Waals surface area (Å²) in [7, 11) is 0.